The molecule has 0 fully saturated rings. The van der Waals surface area contributed by atoms with Gasteiger partial charge in [-0.3, -0.25) is 5.32 Å². The molecule has 0 radical (unpaired) electrons. The highest BCUT2D eigenvalue weighted by molar-refractivity contribution is 5.85. The number of hydrogen-bond acceptors (Lipinski definition) is 5. The molecule has 6 nitrogen and oxygen atoms in total. The van der Waals surface area contributed by atoms with Crippen molar-refractivity contribution < 1.29 is 27.4 Å². The van der Waals surface area contributed by atoms with Crippen LogP contribution in [-0.2, 0) is 10.9 Å². The number of nitrogens with zero attached hydrogens (tertiary/aromatic N) is 2. The van der Waals surface area contributed by atoms with Gasteiger partial charge in [-0.05, 0) is 31.2 Å². The molecule has 0 spiro atoms. The van der Waals surface area contributed by atoms with E-state index in [4.69, 9.17) is 9.47 Å². The number of benzene rings is 2. The molecule has 1 N–H and O–H groups in total. The Hall–Kier alpha value is -3.36. The predicted molar refractivity (Wildman–Crippen MR) is 91.7 cm³/mol. The van der Waals surface area contributed by atoms with Crippen LogP contribution in [0.2, 0.25) is 0 Å². The Kier molecular flexibility index (Phi) is 5.11. The van der Waals surface area contributed by atoms with Crippen molar-refractivity contribution in [3.05, 3.63) is 54.4 Å². The third-order valence-corrected chi connectivity index (χ3v) is 3.39. The fourth-order valence-electron chi connectivity index (χ4n) is 2.29. The SMILES string of the molecule is CCOC(=O)Nc1cccc(Oc2nc(C(F)(F)F)nc3ccccc23)c1. The number of alkyl halides is 3. The van der Waals surface area contributed by atoms with E-state index < -0.39 is 18.1 Å². The van der Waals surface area contributed by atoms with Gasteiger partial charge in [-0.15, -0.1) is 0 Å². The van der Waals surface area contributed by atoms with Gasteiger partial charge in [0.15, 0.2) is 0 Å². The van der Waals surface area contributed by atoms with Crippen LogP contribution in [0.15, 0.2) is 48.5 Å². The number of fused-ring (bicyclic) bond motifs is 1. The summed E-state index contributed by atoms with van der Waals surface area (Å²) in [6.07, 6.45) is -5.36. The monoisotopic (exact) mass is 377 g/mol. The molecular weight excluding hydrogens is 363 g/mol. The number of rotatable bonds is 4. The number of aromatic nitrogens is 2. The molecule has 0 aliphatic carbocycles. The second-order valence-electron chi connectivity index (χ2n) is 5.34. The van der Waals surface area contributed by atoms with E-state index in [9.17, 15) is 18.0 Å². The Morgan fingerprint density at radius 3 is 2.63 bits per heavy atom. The summed E-state index contributed by atoms with van der Waals surface area (Å²) in [4.78, 5) is 18.5. The Morgan fingerprint density at radius 1 is 1.11 bits per heavy atom. The first-order chi connectivity index (χ1) is 12.9. The molecule has 3 aromatic rings. The second kappa shape index (κ2) is 7.48. The number of nitrogens with one attached hydrogen (secondary N) is 1. The summed E-state index contributed by atoms with van der Waals surface area (Å²) in [5.74, 6) is -1.33. The van der Waals surface area contributed by atoms with Crippen LogP contribution in [0.4, 0.5) is 23.7 Å². The molecule has 0 bridgehead atoms. The molecule has 9 heteroatoms. The molecule has 27 heavy (non-hydrogen) atoms. The van der Waals surface area contributed by atoms with E-state index in [0.29, 0.717) is 11.1 Å². The van der Waals surface area contributed by atoms with E-state index in [1.165, 1.54) is 18.2 Å². The summed E-state index contributed by atoms with van der Waals surface area (Å²) >= 11 is 0. The fourth-order valence-corrected chi connectivity index (χ4v) is 2.29. The predicted octanol–water partition coefficient (Wildman–Crippen LogP) is 5.01. The van der Waals surface area contributed by atoms with Crippen molar-refractivity contribution in [2.24, 2.45) is 0 Å². The lowest BCUT2D eigenvalue weighted by Gasteiger charge is -2.12. The van der Waals surface area contributed by atoms with Crippen molar-refractivity contribution in [3.63, 3.8) is 0 Å². The lowest BCUT2D eigenvalue weighted by atomic mass is 10.2. The molecule has 1 aromatic heterocycles. The highest BCUT2D eigenvalue weighted by atomic mass is 19.4. The summed E-state index contributed by atoms with van der Waals surface area (Å²) < 4.78 is 49.6. The number of anilines is 1. The van der Waals surface area contributed by atoms with Crippen LogP contribution in [0.1, 0.15) is 12.7 Å². The van der Waals surface area contributed by atoms with Crippen LogP contribution >= 0.6 is 0 Å². The van der Waals surface area contributed by atoms with Gasteiger partial charge in [-0.1, -0.05) is 18.2 Å². The van der Waals surface area contributed by atoms with E-state index in [1.54, 1.807) is 37.3 Å². The minimum absolute atomic E-state index is 0.107. The molecule has 0 saturated heterocycles. The van der Waals surface area contributed by atoms with Crippen molar-refractivity contribution in [2.75, 3.05) is 11.9 Å². The van der Waals surface area contributed by atoms with Gasteiger partial charge in [0.05, 0.1) is 17.5 Å². The maximum absolute atomic E-state index is 13.1. The first-order valence-electron chi connectivity index (χ1n) is 7.92. The average Bonchev–Trinajstić information content (AvgIpc) is 2.61. The standard InChI is InChI=1S/C18H14F3N3O3/c1-2-26-17(25)22-11-6-5-7-12(10-11)27-15-13-8-3-4-9-14(13)23-16(24-15)18(19,20)21/h3-10H,2H2,1H3,(H,22,25). The van der Waals surface area contributed by atoms with Gasteiger partial charge >= 0.3 is 12.3 Å². The van der Waals surface area contributed by atoms with E-state index in [2.05, 4.69) is 15.3 Å². The highest BCUT2D eigenvalue weighted by Crippen LogP contribution is 2.33. The fraction of sp³-hybridized carbons (Fsp3) is 0.167. The zero-order valence-electron chi connectivity index (χ0n) is 14.1. The number of carbonyl (C=O) groups is 1. The summed E-state index contributed by atoms with van der Waals surface area (Å²) in [5, 5.41) is 2.82. The Balaban J connectivity index is 1.95. The Labute approximate surface area is 152 Å². The van der Waals surface area contributed by atoms with Gasteiger partial charge in [0, 0.05) is 11.8 Å². The summed E-state index contributed by atoms with van der Waals surface area (Å²) in [6, 6.07) is 12.4. The quantitative estimate of drug-likeness (QED) is 0.692. The third kappa shape index (κ3) is 4.43. The van der Waals surface area contributed by atoms with Gasteiger partial charge in [-0.25, -0.2) is 9.78 Å². The summed E-state index contributed by atoms with van der Waals surface area (Å²) in [6.45, 7) is 1.87. The van der Waals surface area contributed by atoms with E-state index in [0.717, 1.165) is 0 Å². The van der Waals surface area contributed by atoms with Crippen molar-refractivity contribution in [3.8, 4) is 11.6 Å². The maximum Gasteiger partial charge on any atom is 0.451 e. The lowest BCUT2D eigenvalue weighted by molar-refractivity contribution is -0.144. The van der Waals surface area contributed by atoms with Crippen molar-refractivity contribution in [1.29, 1.82) is 0 Å². The normalized spacial score (nSPS) is 11.3. The minimum Gasteiger partial charge on any atom is -0.450 e. The molecule has 1 amide bonds. The number of halogens is 3. The van der Waals surface area contributed by atoms with Crippen LogP contribution < -0.4 is 10.1 Å². The molecule has 3 rings (SSSR count). The van der Waals surface area contributed by atoms with Gasteiger partial charge in [0.2, 0.25) is 11.7 Å². The second-order valence-corrected chi connectivity index (χ2v) is 5.34. The lowest BCUT2D eigenvalue weighted by Crippen LogP contribution is -2.13. The van der Waals surface area contributed by atoms with E-state index in [1.807, 2.05) is 0 Å². The van der Waals surface area contributed by atoms with Crippen LogP contribution in [0.5, 0.6) is 11.6 Å². The number of para-hydroxylation sites is 1. The number of hydrogen-bond donors (Lipinski definition) is 1. The molecule has 0 unspecified atom stereocenters. The number of carbonyl (C=O) groups excluding carboxylic acids is 1. The number of ether oxygens (including phenoxy) is 2. The van der Waals surface area contributed by atoms with Crippen molar-refractivity contribution in [1.82, 2.24) is 9.97 Å². The van der Waals surface area contributed by atoms with Crippen molar-refractivity contribution >= 4 is 22.7 Å². The maximum atomic E-state index is 13.1. The average molecular weight is 377 g/mol. The van der Waals surface area contributed by atoms with Crippen LogP contribution in [-0.4, -0.2) is 22.7 Å². The largest absolute Gasteiger partial charge is 0.451 e. The van der Waals surface area contributed by atoms with Gasteiger partial charge in [0.1, 0.15) is 5.75 Å². The topological polar surface area (TPSA) is 73.3 Å². The van der Waals surface area contributed by atoms with E-state index in [-0.39, 0.29) is 23.8 Å². The number of amides is 1. The molecule has 140 valence electrons. The first kappa shape index (κ1) is 18.4. The third-order valence-electron chi connectivity index (χ3n) is 3.39. The molecule has 0 aliphatic heterocycles. The van der Waals surface area contributed by atoms with E-state index >= 15 is 0 Å². The summed E-state index contributed by atoms with van der Waals surface area (Å²) in [7, 11) is 0. The highest BCUT2D eigenvalue weighted by Gasteiger charge is 2.35. The molecule has 2 aromatic carbocycles. The molecule has 1 heterocycles. The van der Waals surface area contributed by atoms with Crippen LogP contribution in [0.3, 0.4) is 0 Å². The smallest absolute Gasteiger partial charge is 0.450 e. The van der Waals surface area contributed by atoms with Crippen LogP contribution in [0.25, 0.3) is 10.9 Å². The Morgan fingerprint density at radius 2 is 1.89 bits per heavy atom. The first-order valence-corrected chi connectivity index (χ1v) is 7.92. The summed E-state index contributed by atoms with van der Waals surface area (Å²) in [5.41, 5.74) is 0.469. The molecule has 0 aliphatic rings. The van der Waals surface area contributed by atoms with Gasteiger partial charge in [-0.2, -0.15) is 18.2 Å². The zero-order valence-corrected chi connectivity index (χ0v) is 14.1. The molecule has 0 saturated carbocycles. The molecular formula is C18H14F3N3O3. The van der Waals surface area contributed by atoms with Gasteiger partial charge in [0.25, 0.3) is 0 Å². The zero-order chi connectivity index (χ0) is 19.4. The van der Waals surface area contributed by atoms with Gasteiger partial charge < -0.3 is 9.47 Å². The minimum atomic E-state index is -4.71. The van der Waals surface area contributed by atoms with Crippen molar-refractivity contribution in [2.45, 2.75) is 13.1 Å². The Bertz CT molecular complexity index is 977. The molecule has 0 atom stereocenters. The van der Waals surface area contributed by atoms with Crippen LogP contribution in [0, 0.1) is 0 Å².